The lowest BCUT2D eigenvalue weighted by Crippen LogP contribution is -2.47. The molecule has 6 heteroatoms. The molecule has 1 aromatic carbocycles. The van der Waals surface area contributed by atoms with Crippen molar-refractivity contribution >= 4 is 5.69 Å². The molecule has 0 saturated carbocycles. The summed E-state index contributed by atoms with van der Waals surface area (Å²) in [7, 11) is 0. The first-order valence-corrected chi connectivity index (χ1v) is 9.22. The summed E-state index contributed by atoms with van der Waals surface area (Å²) in [6, 6.07) is 8.76. The predicted octanol–water partition coefficient (Wildman–Crippen LogP) is 2.25. The summed E-state index contributed by atoms with van der Waals surface area (Å²) < 4.78 is 10.8. The van der Waals surface area contributed by atoms with E-state index in [-0.39, 0.29) is 0 Å². The van der Waals surface area contributed by atoms with Crippen molar-refractivity contribution in [3.8, 4) is 0 Å². The van der Waals surface area contributed by atoms with E-state index in [1.54, 1.807) is 0 Å². The lowest BCUT2D eigenvalue weighted by molar-refractivity contribution is 0.192. The lowest BCUT2D eigenvalue weighted by atomic mass is 10.1. The fourth-order valence-electron chi connectivity index (χ4n) is 3.58. The molecule has 0 aliphatic carbocycles. The van der Waals surface area contributed by atoms with Crippen molar-refractivity contribution in [1.29, 1.82) is 0 Å². The molecular formula is C19H26N4O2. The Morgan fingerprint density at radius 2 is 2.08 bits per heavy atom. The van der Waals surface area contributed by atoms with Crippen molar-refractivity contribution in [1.82, 2.24) is 15.0 Å². The second-order valence-corrected chi connectivity index (χ2v) is 7.02. The number of hydrogen-bond acceptors (Lipinski definition) is 6. The van der Waals surface area contributed by atoms with Crippen molar-refractivity contribution in [2.75, 3.05) is 50.8 Å². The van der Waals surface area contributed by atoms with Crippen LogP contribution in [0.2, 0.25) is 0 Å². The van der Waals surface area contributed by atoms with Gasteiger partial charge < -0.3 is 14.2 Å². The molecule has 25 heavy (non-hydrogen) atoms. The molecule has 134 valence electrons. The number of nitrogens with zero attached hydrogens (tertiary/aromatic N) is 4. The monoisotopic (exact) mass is 342 g/mol. The van der Waals surface area contributed by atoms with Crippen LogP contribution >= 0.6 is 0 Å². The van der Waals surface area contributed by atoms with Crippen LogP contribution in [0.5, 0.6) is 0 Å². The predicted molar refractivity (Wildman–Crippen MR) is 96.0 cm³/mol. The summed E-state index contributed by atoms with van der Waals surface area (Å²) in [6.45, 7) is 8.94. The summed E-state index contributed by atoms with van der Waals surface area (Å²) in [6.07, 6.45) is 1.82. The van der Waals surface area contributed by atoms with Crippen molar-refractivity contribution in [2.24, 2.45) is 0 Å². The summed E-state index contributed by atoms with van der Waals surface area (Å²) in [4.78, 5) is 9.50. The van der Waals surface area contributed by atoms with E-state index < -0.39 is 0 Å². The summed E-state index contributed by atoms with van der Waals surface area (Å²) in [5.74, 6) is 1.88. The molecule has 2 aliphatic heterocycles. The summed E-state index contributed by atoms with van der Waals surface area (Å²) in [5, 5.41) is 4.13. The molecular weight excluding hydrogens is 316 g/mol. The molecule has 1 atom stereocenters. The fraction of sp³-hybridized carbons (Fsp3) is 0.579. The highest BCUT2D eigenvalue weighted by molar-refractivity contribution is 5.48. The molecule has 3 heterocycles. The van der Waals surface area contributed by atoms with Crippen LogP contribution in [0.15, 0.2) is 28.8 Å². The van der Waals surface area contributed by atoms with Gasteiger partial charge in [0.2, 0.25) is 5.89 Å². The minimum atomic E-state index is 0.315. The van der Waals surface area contributed by atoms with Crippen LogP contribution < -0.4 is 4.90 Å². The molecule has 2 fully saturated rings. The highest BCUT2D eigenvalue weighted by Gasteiger charge is 2.23. The molecule has 2 aliphatic rings. The van der Waals surface area contributed by atoms with Crippen molar-refractivity contribution in [3.05, 3.63) is 41.5 Å². The van der Waals surface area contributed by atoms with Gasteiger partial charge >= 0.3 is 0 Å². The third-order valence-electron chi connectivity index (χ3n) is 5.16. The van der Waals surface area contributed by atoms with E-state index in [9.17, 15) is 0 Å². The topological polar surface area (TPSA) is 54.6 Å². The minimum absolute atomic E-state index is 0.315. The first kappa shape index (κ1) is 16.5. The van der Waals surface area contributed by atoms with Crippen LogP contribution in [0.4, 0.5) is 5.69 Å². The number of anilines is 1. The van der Waals surface area contributed by atoms with E-state index in [4.69, 9.17) is 9.26 Å². The van der Waals surface area contributed by atoms with Gasteiger partial charge in [-0.2, -0.15) is 4.98 Å². The van der Waals surface area contributed by atoms with Gasteiger partial charge in [-0.05, 0) is 31.0 Å². The maximum absolute atomic E-state index is 5.42. The number of aryl methyl sites for hydroxylation is 1. The van der Waals surface area contributed by atoms with Gasteiger partial charge in [0, 0.05) is 57.4 Å². The number of rotatable bonds is 5. The summed E-state index contributed by atoms with van der Waals surface area (Å²) in [5.41, 5.74) is 2.65. The smallest absolute Gasteiger partial charge is 0.227 e. The van der Waals surface area contributed by atoms with Gasteiger partial charge in [0.1, 0.15) is 0 Å². The molecule has 0 bridgehead atoms. The summed E-state index contributed by atoms with van der Waals surface area (Å²) >= 11 is 0. The van der Waals surface area contributed by atoms with E-state index in [2.05, 4.69) is 51.1 Å². The zero-order valence-electron chi connectivity index (χ0n) is 14.9. The molecule has 0 radical (unpaired) electrons. The zero-order chi connectivity index (χ0) is 17.1. The van der Waals surface area contributed by atoms with E-state index in [1.165, 1.54) is 11.3 Å². The number of ether oxygens (including phenoxy) is 1. The van der Waals surface area contributed by atoms with Crippen molar-refractivity contribution in [2.45, 2.75) is 25.7 Å². The first-order valence-electron chi connectivity index (χ1n) is 9.22. The van der Waals surface area contributed by atoms with Gasteiger partial charge in [-0.3, -0.25) is 4.90 Å². The second kappa shape index (κ2) is 7.54. The minimum Gasteiger partial charge on any atom is -0.381 e. The van der Waals surface area contributed by atoms with Gasteiger partial charge in [0.25, 0.3) is 0 Å². The normalized spacial score (nSPS) is 21.8. The van der Waals surface area contributed by atoms with Gasteiger partial charge in [-0.15, -0.1) is 0 Å². The van der Waals surface area contributed by atoms with Crippen LogP contribution in [0.1, 0.15) is 29.6 Å². The molecule has 2 aromatic rings. The molecule has 6 nitrogen and oxygen atoms in total. The Bertz CT molecular complexity index is 688. The van der Waals surface area contributed by atoms with E-state index in [0.717, 1.165) is 70.5 Å². The van der Waals surface area contributed by atoms with Crippen LogP contribution in [-0.2, 0) is 11.2 Å². The SMILES string of the molecule is Cc1cccc(N2CCN(CCc3nc(C4CCOC4)no3)CC2)c1. The highest BCUT2D eigenvalue weighted by Crippen LogP contribution is 2.22. The Morgan fingerprint density at radius 3 is 2.84 bits per heavy atom. The zero-order valence-corrected chi connectivity index (χ0v) is 14.9. The fourth-order valence-corrected chi connectivity index (χ4v) is 3.58. The van der Waals surface area contributed by atoms with Gasteiger partial charge in [-0.1, -0.05) is 17.3 Å². The number of aromatic nitrogens is 2. The molecule has 1 unspecified atom stereocenters. The van der Waals surface area contributed by atoms with Gasteiger partial charge in [-0.25, -0.2) is 0 Å². The van der Waals surface area contributed by atoms with Crippen LogP contribution in [0, 0.1) is 6.92 Å². The Morgan fingerprint density at radius 1 is 1.20 bits per heavy atom. The number of piperazine rings is 1. The molecule has 0 spiro atoms. The highest BCUT2D eigenvalue weighted by atomic mass is 16.5. The molecule has 4 rings (SSSR count). The molecule has 0 N–H and O–H groups in total. The Balaban J connectivity index is 1.25. The number of hydrogen-bond donors (Lipinski definition) is 0. The molecule has 1 aromatic heterocycles. The Hall–Kier alpha value is -1.92. The quantitative estimate of drug-likeness (QED) is 0.831. The Kier molecular flexibility index (Phi) is 4.99. The maximum Gasteiger partial charge on any atom is 0.227 e. The maximum atomic E-state index is 5.42. The average molecular weight is 342 g/mol. The van der Waals surface area contributed by atoms with E-state index >= 15 is 0 Å². The third-order valence-corrected chi connectivity index (χ3v) is 5.16. The Labute approximate surface area is 148 Å². The standard InChI is InChI=1S/C19H26N4O2/c1-15-3-2-4-17(13-15)23-10-8-22(9-11-23)7-5-18-20-19(21-25-18)16-6-12-24-14-16/h2-4,13,16H,5-12,14H2,1H3. The van der Waals surface area contributed by atoms with Gasteiger partial charge in [0.05, 0.1) is 6.61 Å². The molecule has 2 saturated heterocycles. The van der Waals surface area contributed by atoms with Crippen molar-refractivity contribution < 1.29 is 9.26 Å². The third kappa shape index (κ3) is 4.02. The van der Waals surface area contributed by atoms with Crippen LogP contribution in [0.3, 0.4) is 0 Å². The van der Waals surface area contributed by atoms with Crippen molar-refractivity contribution in [3.63, 3.8) is 0 Å². The largest absolute Gasteiger partial charge is 0.381 e. The first-order chi connectivity index (χ1) is 12.3. The van der Waals surface area contributed by atoms with E-state index in [0.29, 0.717) is 5.92 Å². The second-order valence-electron chi connectivity index (χ2n) is 7.02. The average Bonchev–Trinajstić information content (AvgIpc) is 3.32. The lowest BCUT2D eigenvalue weighted by Gasteiger charge is -2.36. The van der Waals surface area contributed by atoms with Gasteiger partial charge in [0.15, 0.2) is 5.82 Å². The molecule has 0 amide bonds. The van der Waals surface area contributed by atoms with Crippen LogP contribution in [-0.4, -0.2) is 61.0 Å². The van der Waals surface area contributed by atoms with E-state index in [1.807, 2.05) is 0 Å². The number of benzene rings is 1. The van der Waals surface area contributed by atoms with Crippen LogP contribution in [0.25, 0.3) is 0 Å².